The van der Waals surface area contributed by atoms with Crippen LogP contribution in [0.3, 0.4) is 0 Å². The van der Waals surface area contributed by atoms with Crippen LogP contribution in [0.4, 0.5) is 0 Å². The van der Waals surface area contributed by atoms with Crippen molar-refractivity contribution in [3.05, 3.63) is 34.4 Å². The Labute approximate surface area is 137 Å². The number of aromatic nitrogens is 2. The summed E-state index contributed by atoms with van der Waals surface area (Å²) in [7, 11) is 0. The van der Waals surface area contributed by atoms with Crippen LogP contribution < -0.4 is 0 Å². The van der Waals surface area contributed by atoms with Crippen molar-refractivity contribution in [3.8, 4) is 0 Å². The Morgan fingerprint density at radius 3 is 2.33 bits per heavy atom. The number of ketones is 1. The fraction of sp³-hybridized carbons (Fsp3) is 0.400. The Hall–Kier alpha value is -0.850. The maximum atomic E-state index is 12.6. The molecular weight excluding hydrogens is 320 g/mol. The first-order valence-electron chi connectivity index (χ1n) is 6.58. The number of carbonyl (C=O) groups is 1. The van der Waals surface area contributed by atoms with Crippen LogP contribution in [0.5, 0.6) is 0 Å². The molecule has 0 aliphatic carbocycles. The number of nitrogens with zero attached hydrogens (tertiary/aromatic N) is 2. The van der Waals surface area contributed by atoms with Crippen LogP contribution >= 0.6 is 34.9 Å². The van der Waals surface area contributed by atoms with Crippen LogP contribution in [0.25, 0.3) is 0 Å². The molecule has 0 radical (unpaired) electrons. The van der Waals surface area contributed by atoms with Crippen molar-refractivity contribution in [3.63, 3.8) is 0 Å². The predicted octanol–water partition coefficient (Wildman–Crippen LogP) is 4.55. The fourth-order valence-corrected chi connectivity index (χ4v) is 4.63. The van der Waals surface area contributed by atoms with Crippen LogP contribution in [0, 0.1) is 20.8 Å². The van der Waals surface area contributed by atoms with E-state index in [2.05, 4.69) is 23.2 Å². The molecule has 1 unspecified atom stereocenters. The number of aryl methyl sites for hydroxylation is 3. The first kappa shape index (κ1) is 16.5. The summed E-state index contributed by atoms with van der Waals surface area (Å²) in [6.07, 6.45) is 1.97. The van der Waals surface area contributed by atoms with Gasteiger partial charge in [0.05, 0.1) is 5.25 Å². The van der Waals surface area contributed by atoms with Gasteiger partial charge in [-0.1, -0.05) is 40.9 Å². The second-order valence-corrected chi connectivity index (χ2v) is 8.53. The first-order chi connectivity index (χ1) is 9.92. The van der Waals surface area contributed by atoms with E-state index in [9.17, 15) is 4.79 Å². The van der Waals surface area contributed by atoms with Gasteiger partial charge in [0.15, 0.2) is 14.5 Å². The molecule has 2 aromatic rings. The summed E-state index contributed by atoms with van der Waals surface area (Å²) in [5, 5.41) is 8.02. The molecule has 1 aromatic carbocycles. The molecule has 0 saturated heterocycles. The van der Waals surface area contributed by atoms with Gasteiger partial charge in [0.2, 0.25) is 0 Å². The lowest BCUT2D eigenvalue weighted by Crippen LogP contribution is -2.15. The fourth-order valence-electron chi connectivity index (χ4n) is 1.98. The zero-order valence-electron chi connectivity index (χ0n) is 12.8. The minimum absolute atomic E-state index is 0.154. The van der Waals surface area contributed by atoms with Gasteiger partial charge in [0.1, 0.15) is 0 Å². The summed E-state index contributed by atoms with van der Waals surface area (Å²) in [4.78, 5) is 12.6. The van der Waals surface area contributed by atoms with Crippen molar-refractivity contribution in [2.24, 2.45) is 0 Å². The van der Waals surface area contributed by atoms with Gasteiger partial charge in [0, 0.05) is 5.56 Å². The van der Waals surface area contributed by atoms with Crippen LogP contribution in [0.1, 0.15) is 34.0 Å². The summed E-state index contributed by atoms with van der Waals surface area (Å²) >= 11 is 4.59. The lowest BCUT2D eigenvalue weighted by atomic mass is 9.97. The van der Waals surface area contributed by atoms with E-state index in [0.29, 0.717) is 0 Å². The maximum absolute atomic E-state index is 12.6. The average Bonchev–Trinajstić information content (AvgIpc) is 2.89. The van der Waals surface area contributed by atoms with Gasteiger partial charge in [-0.2, -0.15) is 0 Å². The molecule has 0 bridgehead atoms. The molecule has 0 saturated carbocycles. The lowest BCUT2D eigenvalue weighted by molar-refractivity contribution is 0.0993. The van der Waals surface area contributed by atoms with Crippen molar-refractivity contribution in [1.82, 2.24) is 10.2 Å². The topological polar surface area (TPSA) is 42.9 Å². The summed E-state index contributed by atoms with van der Waals surface area (Å²) in [5.74, 6) is 0.154. The Morgan fingerprint density at radius 1 is 1.10 bits per heavy atom. The molecule has 2 rings (SSSR count). The number of rotatable bonds is 5. The zero-order valence-corrected chi connectivity index (χ0v) is 15.2. The molecule has 1 aromatic heterocycles. The second kappa shape index (κ2) is 6.94. The van der Waals surface area contributed by atoms with Crippen LogP contribution in [0.15, 0.2) is 20.8 Å². The molecule has 0 N–H and O–H groups in total. The van der Waals surface area contributed by atoms with Gasteiger partial charge < -0.3 is 0 Å². The van der Waals surface area contributed by atoms with Crippen molar-refractivity contribution >= 4 is 40.6 Å². The van der Waals surface area contributed by atoms with E-state index in [4.69, 9.17) is 0 Å². The molecular formula is C15H18N2OS3. The lowest BCUT2D eigenvalue weighted by Gasteiger charge is -2.12. The Balaban J connectivity index is 2.17. The molecule has 0 amide bonds. The third-order valence-corrected chi connectivity index (χ3v) is 6.40. The number of benzene rings is 1. The zero-order chi connectivity index (χ0) is 15.6. The summed E-state index contributed by atoms with van der Waals surface area (Å²) < 4.78 is 1.78. The highest BCUT2D eigenvalue weighted by Gasteiger charge is 2.20. The third kappa shape index (κ3) is 3.87. The number of hydrogen-bond donors (Lipinski definition) is 0. The van der Waals surface area contributed by atoms with Crippen molar-refractivity contribution in [2.75, 3.05) is 6.26 Å². The SMILES string of the molecule is CSc1nnc(SC(C)C(=O)c2cc(C)c(C)cc2C)s1. The van der Waals surface area contributed by atoms with Crippen molar-refractivity contribution < 1.29 is 4.79 Å². The summed E-state index contributed by atoms with van der Waals surface area (Å²) in [6.45, 7) is 8.04. The normalized spacial score (nSPS) is 12.4. The molecule has 6 heteroatoms. The molecule has 0 fully saturated rings. The third-order valence-electron chi connectivity index (χ3n) is 3.32. The van der Waals surface area contributed by atoms with Gasteiger partial charge in [-0.05, 0) is 56.7 Å². The van der Waals surface area contributed by atoms with Crippen molar-refractivity contribution in [1.29, 1.82) is 0 Å². The first-order valence-corrected chi connectivity index (χ1v) is 9.50. The molecule has 3 nitrogen and oxygen atoms in total. The van der Waals surface area contributed by atoms with Gasteiger partial charge in [-0.25, -0.2) is 0 Å². The van der Waals surface area contributed by atoms with E-state index >= 15 is 0 Å². The molecule has 0 aliphatic rings. The molecule has 112 valence electrons. The molecule has 0 aliphatic heterocycles. The van der Waals surface area contributed by atoms with E-state index < -0.39 is 0 Å². The summed E-state index contributed by atoms with van der Waals surface area (Å²) in [5.41, 5.74) is 4.23. The molecule has 1 heterocycles. The Kier molecular flexibility index (Phi) is 5.46. The predicted molar refractivity (Wildman–Crippen MR) is 92.0 cm³/mol. The smallest absolute Gasteiger partial charge is 0.176 e. The number of carbonyl (C=O) groups excluding carboxylic acids is 1. The maximum Gasteiger partial charge on any atom is 0.176 e. The second-order valence-electron chi connectivity index (χ2n) is 4.91. The highest BCUT2D eigenvalue weighted by molar-refractivity contribution is 8.03. The van der Waals surface area contributed by atoms with E-state index in [1.54, 1.807) is 11.8 Å². The Morgan fingerprint density at radius 2 is 1.71 bits per heavy atom. The Bertz CT molecular complexity index is 667. The number of hydrogen-bond acceptors (Lipinski definition) is 6. The molecule has 0 spiro atoms. The van der Waals surface area contributed by atoms with E-state index in [1.807, 2.05) is 33.1 Å². The standard InChI is InChI=1S/C15H18N2OS3/c1-8-6-10(3)12(7-9(8)2)13(18)11(4)20-15-17-16-14(19-5)21-15/h6-7,11H,1-5H3. The van der Waals surface area contributed by atoms with Gasteiger partial charge in [-0.3, -0.25) is 4.79 Å². The monoisotopic (exact) mass is 338 g/mol. The quantitative estimate of drug-likeness (QED) is 0.591. The largest absolute Gasteiger partial charge is 0.293 e. The van der Waals surface area contributed by atoms with E-state index in [0.717, 1.165) is 25.4 Å². The van der Waals surface area contributed by atoms with Crippen LogP contribution in [-0.4, -0.2) is 27.5 Å². The van der Waals surface area contributed by atoms with E-state index in [1.165, 1.54) is 28.7 Å². The number of Topliss-reactive ketones (excluding diaryl/α,β-unsaturated/α-hetero) is 1. The molecule has 1 atom stereocenters. The van der Waals surface area contributed by atoms with Gasteiger partial charge >= 0.3 is 0 Å². The van der Waals surface area contributed by atoms with Gasteiger partial charge in [0.25, 0.3) is 0 Å². The van der Waals surface area contributed by atoms with E-state index in [-0.39, 0.29) is 11.0 Å². The van der Waals surface area contributed by atoms with Crippen LogP contribution in [0.2, 0.25) is 0 Å². The average molecular weight is 339 g/mol. The van der Waals surface area contributed by atoms with Gasteiger partial charge in [-0.15, -0.1) is 10.2 Å². The minimum Gasteiger partial charge on any atom is -0.293 e. The summed E-state index contributed by atoms with van der Waals surface area (Å²) in [6, 6.07) is 4.08. The molecule has 21 heavy (non-hydrogen) atoms. The highest BCUT2D eigenvalue weighted by Crippen LogP contribution is 2.32. The van der Waals surface area contributed by atoms with Crippen molar-refractivity contribution in [2.45, 2.75) is 41.6 Å². The van der Waals surface area contributed by atoms with Crippen LogP contribution in [-0.2, 0) is 0 Å². The minimum atomic E-state index is -0.159. The number of thioether (sulfide) groups is 2. The highest BCUT2D eigenvalue weighted by atomic mass is 32.2.